The van der Waals surface area contributed by atoms with Crippen molar-refractivity contribution < 1.29 is 9.47 Å². The number of hydrogen-bond donors (Lipinski definition) is 1. The van der Waals surface area contributed by atoms with E-state index in [2.05, 4.69) is 13.1 Å². The Hall–Kier alpha value is 0.704. The van der Waals surface area contributed by atoms with Crippen LogP contribution in [0.2, 0.25) is 13.1 Å². The van der Waals surface area contributed by atoms with Gasteiger partial charge >= 0.3 is 0 Å². The van der Waals surface area contributed by atoms with Crippen LogP contribution in [0.4, 0.5) is 0 Å². The molecule has 2 nitrogen and oxygen atoms in total. The molecular weight excluding hydrogens is 312 g/mol. The van der Waals surface area contributed by atoms with Crippen molar-refractivity contribution in [1.82, 2.24) is 0 Å². The van der Waals surface area contributed by atoms with Gasteiger partial charge in [0.05, 0.1) is 14.0 Å². The molecule has 2 aliphatic rings. The van der Waals surface area contributed by atoms with Crippen molar-refractivity contribution in [2.45, 2.75) is 86.6 Å². The van der Waals surface area contributed by atoms with E-state index >= 15 is 0 Å². The van der Waals surface area contributed by atoms with E-state index in [1.54, 1.807) is 0 Å². The highest BCUT2D eigenvalue weighted by Gasteiger charge is 2.39. The molecule has 0 saturated carbocycles. The lowest BCUT2D eigenvalue weighted by molar-refractivity contribution is -0.0346. The monoisotopic (exact) mass is 346 g/mol. The highest BCUT2D eigenvalue weighted by atomic mass is 32.1. The fraction of sp³-hybridized carbons (Fsp3) is 1.00. The van der Waals surface area contributed by atoms with Crippen LogP contribution in [0.5, 0.6) is 0 Å². The molecule has 0 bridgehead atoms. The molecule has 3 unspecified atom stereocenters. The first-order valence-corrected chi connectivity index (χ1v) is 13.3. The topological polar surface area (TPSA) is 18.5 Å². The van der Waals surface area contributed by atoms with Crippen LogP contribution in [-0.4, -0.2) is 48.0 Å². The van der Waals surface area contributed by atoms with E-state index in [-0.39, 0.29) is 10.4 Å². The largest absolute Gasteiger partial charge is 0.380 e. The minimum atomic E-state index is -0.814. The Kier molecular flexibility index (Phi) is 6.87. The average molecular weight is 347 g/mol. The fourth-order valence-corrected chi connectivity index (χ4v) is 7.36. The number of rotatable bonds is 6. The van der Waals surface area contributed by atoms with Crippen LogP contribution in [0.3, 0.4) is 0 Å². The summed E-state index contributed by atoms with van der Waals surface area (Å²) in [6.07, 6.45) is 11.3. The average Bonchev–Trinajstić information content (AvgIpc) is 2.47. The Morgan fingerprint density at radius 3 is 2.29 bits per heavy atom. The van der Waals surface area contributed by atoms with E-state index in [1.807, 2.05) is 0 Å². The van der Waals surface area contributed by atoms with Gasteiger partial charge in [0.1, 0.15) is 0 Å². The fourth-order valence-electron chi connectivity index (χ4n) is 3.89. The van der Waals surface area contributed by atoms with E-state index in [1.165, 1.54) is 51.4 Å². The van der Waals surface area contributed by atoms with E-state index in [0.29, 0.717) is 5.25 Å². The van der Waals surface area contributed by atoms with Crippen molar-refractivity contribution in [3.8, 4) is 0 Å². The van der Waals surface area contributed by atoms with E-state index in [0.717, 1.165) is 29.9 Å². The molecule has 0 radical (unpaired) electrons. The Morgan fingerprint density at radius 2 is 1.76 bits per heavy atom. The first-order valence-electron chi connectivity index (χ1n) is 8.92. The van der Waals surface area contributed by atoms with Crippen LogP contribution in [0.25, 0.3) is 0 Å². The molecule has 2 heterocycles. The van der Waals surface area contributed by atoms with Crippen LogP contribution in [0.1, 0.15) is 57.8 Å². The van der Waals surface area contributed by atoms with E-state index in [4.69, 9.17) is 22.1 Å². The third-order valence-corrected chi connectivity index (χ3v) is 10.1. The van der Waals surface area contributed by atoms with Gasteiger partial charge < -0.3 is 9.47 Å². The molecule has 2 aliphatic heterocycles. The van der Waals surface area contributed by atoms with Crippen molar-refractivity contribution in [2.75, 3.05) is 13.2 Å². The zero-order valence-corrected chi connectivity index (χ0v) is 18.2. The smallest absolute Gasteiger partial charge is 0.0695 e. The minimum absolute atomic E-state index is 0.219. The van der Waals surface area contributed by atoms with E-state index in [9.17, 15) is 0 Å². The summed E-state index contributed by atoms with van der Waals surface area (Å²) in [5.74, 6) is 0. The van der Waals surface area contributed by atoms with Gasteiger partial charge in [0.25, 0.3) is 0 Å². The van der Waals surface area contributed by atoms with E-state index < -0.39 is 8.80 Å². The van der Waals surface area contributed by atoms with Gasteiger partial charge in [-0.2, -0.15) is 12.6 Å². The summed E-state index contributed by atoms with van der Waals surface area (Å²) in [7, 11) is 0.345. The molecule has 0 N–H and O–H groups in total. The Bertz CT molecular complexity index is 313. The zero-order chi connectivity index (χ0) is 15.3. The highest BCUT2D eigenvalue weighted by molar-refractivity contribution is 7.80. The summed E-state index contributed by atoms with van der Waals surface area (Å²) in [4.78, 5) is 0. The summed E-state index contributed by atoms with van der Waals surface area (Å²) in [5, 5.41) is 0.945. The lowest BCUT2D eigenvalue weighted by atomic mass is 9.98. The molecule has 2 saturated heterocycles. The molecule has 5 heteroatoms. The molecule has 3 atom stereocenters. The molecule has 2 fully saturated rings. The summed E-state index contributed by atoms with van der Waals surface area (Å²) in [5.41, 5.74) is 0. The van der Waals surface area contributed by atoms with Crippen molar-refractivity contribution in [3.05, 3.63) is 0 Å². The van der Waals surface area contributed by atoms with Gasteiger partial charge in [-0.1, -0.05) is 13.1 Å². The SMILES string of the molecule is C[SiH](C)C1(CC(S)CCC2([SiH3])CCCCO2)CCCCO1. The Labute approximate surface area is 141 Å². The van der Waals surface area contributed by atoms with Gasteiger partial charge in [0, 0.05) is 33.9 Å². The van der Waals surface area contributed by atoms with Crippen molar-refractivity contribution in [3.63, 3.8) is 0 Å². The predicted molar refractivity (Wildman–Crippen MR) is 101 cm³/mol. The first-order chi connectivity index (χ1) is 9.96. The Balaban J connectivity index is 1.83. The number of thiol groups is 1. The summed E-state index contributed by atoms with van der Waals surface area (Å²) in [6.45, 7) is 6.85. The van der Waals surface area contributed by atoms with Crippen molar-refractivity contribution in [2.24, 2.45) is 0 Å². The first kappa shape index (κ1) is 18.0. The van der Waals surface area contributed by atoms with Gasteiger partial charge in [-0.05, 0) is 57.8 Å². The summed E-state index contributed by atoms with van der Waals surface area (Å²) >= 11 is 4.93. The molecule has 0 spiro atoms. The normalized spacial score (nSPS) is 36.0. The van der Waals surface area contributed by atoms with Crippen LogP contribution in [0, 0.1) is 0 Å². The molecule has 0 aromatic carbocycles. The van der Waals surface area contributed by atoms with Crippen LogP contribution in [0.15, 0.2) is 0 Å². The maximum atomic E-state index is 6.30. The molecule has 0 aromatic rings. The maximum Gasteiger partial charge on any atom is 0.0695 e. The van der Waals surface area contributed by atoms with Gasteiger partial charge in [-0.15, -0.1) is 0 Å². The molecular formula is C16H34O2SSi2. The third kappa shape index (κ3) is 5.09. The summed E-state index contributed by atoms with van der Waals surface area (Å²) in [6, 6.07) is 0. The second-order valence-electron chi connectivity index (χ2n) is 7.68. The standard InChI is InChI=1S/C16H34O2SSi2/c1-21(2)16(9-4-6-12-18-16)13-14(19)7-10-15(20)8-3-5-11-17-15/h14,19,21H,3-13H2,1-2,20H3. The van der Waals surface area contributed by atoms with Crippen molar-refractivity contribution in [1.29, 1.82) is 0 Å². The number of hydrogen-bond acceptors (Lipinski definition) is 3. The van der Waals surface area contributed by atoms with Gasteiger partial charge in [0.15, 0.2) is 0 Å². The second-order valence-corrected chi connectivity index (χ2v) is 13.6. The van der Waals surface area contributed by atoms with Crippen LogP contribution >= 0.6 is 12.6 Å². The lowest BCUT2D eigenvalue weighted by Gasteiger charge is -2.42. The maximum absolute atomic E-state index is 6.30. The predicted octanol–water partition coefficient (Wildman–Crippen LogP) is 2.68. The zero-order valence-electron chi connectivity index (χ0n) is 14.2. The van der Waals surface area contributed by atoms with Gasteiger partial charge in [-0.3, -0.25) is 0 Å². The second kappa shape index (κ2) is 8.00. The van der Waals surface area contributed by atoms with Gasteiger partial charge in [0.2, 0.25) is 0 Å². The minimum Gasteiger partial charge on any atom is -0.380 e. The molecule has 0 aromatic heterocycles. The lowest BCUT2D eigenvalue weighted by Crippen LogP contribution is -2.49. The van der Waals surface area contributed by atoms with Crippen LogP contribution < -0.4 is 0 Å². The molecule has 124 valence electrons. The molecule has 2 rings (SSSR count). The summed E-state index contributed by atoms with van der Waals surface area (Å²) < 4.78 is 12.4. The highest BCUT2D eigenvalue weighted by Crippen LogP contribution is 2.36. The van der Waals surface area contributed by atoms with Gasteiger partial charge in [-0.25, -0.2) is 0 Å². The van der Waals surface area contributed by atoms with Crippen molar-refractivity contribution >= 4 is 31.7 Å². The molecule has 21 heavy (non-hydrogen) atoms. The number of ether oxygens (including phenoxy) is 2. The third-order valence-electron chi connectivity index (χ3n) is 5.57. The molecule has 0 amide bonds. The molecule has 0 aliphatic carbocycles. The van der Waals surface area contributed by atoms with Crippen LogP contribution in [-0.2, 0) is 9.47 Å². The quantitative estimate of drug-likeness (QED) is 0.589. The Morgan fingerprint density at radius 1 is 1.10 bits per heavy atom.